The van der Waals surface area contributed by atoms with Crippen molar-refractivity contribution in [3.63, 3.8) is 0 Å². The van der Waals surface area contributed by atoms with Gasteiger partial charge in [0.25, 0.3) is 0 Å². The Kier molecular flexibility index (Phi) is 3.49. The van der Waals surface area contributed by atoms with Gasteiger partial charge in [-0.2, -0.15) is 0 Å². The molecule has 1 fully saturated rings. The van der Waals surface area contributed by atoms with E-state index < -0.39 is 0 Å². The number of rotatable bonds is 2. The molecule has 1 saturated carbocycles. The summed E-state index contributed by atoms with van der Waals surface area (Å²) in [5, 5.41) is 5.83. The molecule has 0 aliphatic heterocycles. The number of anilines is 1. The number of fused-ring (bicyclic) bond motifs is 3. The van der Waals surface area contributed by atoms with Crippen LogP contribution in [0.1, 0.15) is 63.3 Å². The Bertz CT molecular complexity index is 726. The van der Waals surface area contributed by atoms with Crippen LogP contribution in [0.3, 0.4) is 0 Å². The van der Waals surface area contributed by atoms with Crippen molar-refractivity contribution in [2.75, 3.05) is 5.32 Å². The van der Waals surface area contributed by atoms with Gasteiger partial charge in [-0.25, -0.2) is 9.97 Å². The summed E-state index contributed by atoms with van der Waals surface area (Å²) in [5.74, 6) is 0.796. The molecule has 0 aromatic carbocycles. The van der Waals surface area contributed by atoms with Gasteiger partial charge in [0.05, 0.1) is 5.69 Å². The van der Waals surface area contributed by atoms with E-state index in [1.807, 2.05) is 17.5 Å². The van der Waals surface area contributed by atoms with E-state index in [0.717, 1.165) is 18.1 Å². The Morgan fingerprint density at radius 3 is 2.70 bits per heavy atom. The third kappa shape index (κ3) is 2.67. The van der Waals surface area contributed by atoms with Crippen LogP contribution in [0.4, 0.5) is 5.95 Å². The van der Waals surface area contributed by atoms with Gasteiger partial charge >= 0.3 is 0 Å². The van der Waals surface area contributed by atoms with Crippen LogP contribution in [0.25, 0.3) is 11.3 Å². The van der Waals surface area contributed by atoms with Crippen LogP contribution < -0.4 is 5.32 Å². The smallest absolute Gasteiger partial charge is 0.223 e. The number of nitrogens with one attached hydrogen (secondary N) is 1. The van der Waals surface area contributed by atoms with E-state index in [1.165, 1.54) is 48.1 Å². The van der Waals surface area contributed by atoms with Crippen LogP contribution in [0.2, 0.25) is 0 Å². The number of thiophene rings is 1. The molecule has 4 heteroatoms. The lowest BCUT2D eigenvalue weighted by molar-refractivity contribution is 0.347. The fraction of sp³-hybridized carbons (Fsp3) is 0.579. The molecule has 0 radical (unpaired) electrons. The average Bonchev–Trinajstić information content (AvgIpc) is 2.99. The second kappa shape index (κ2) is 5.30. The van der Waals surface area contributed by atoms with Gasteiger partial charge in [0.2, 0.25) is 5.95 Å². The largest absolute Gasteiger partial charge is 0.349 e. The molecule has 0 amide bonds. The number of aromatic nitrogens is 2. The highest BCUT2D eigenvalue weighted by Crippen LogP contribution is 2.45. The second-order valence-corrected chi connectivity index (χ2v) is 8.95. The quantitative estimate of drug-likeness (QED) is 0.826. The van der Waals surface area contributed by atoms with Gasteiger partial charge in [0.1, 0.15) is 0 Å². The van der Waals surface area contributed by atoms with Crippen LogP contribution in [0, 0.1) is 0 Å². The first-order valence-electron chi connectivity index (χ1n) is 8.69. The van der Waals surface area contributed by atoms with Crippen molar-refractivity contribution in [3.8, 4) is 11.3 Å². The molecule has 0 saturated heterocycles. The zero-order chi connectivity index (χ0) is 16.1. The topological polar surface area (TPSA) is 37.8 Å². The van der Waals surface area contributed by atoms with Crippen LogP contribution in [-0.4, -0.2) is 15.5 Å². The fourth-order valence-electron chi connectivity index (χ4n) is 4.13. The molecule has 0 atom stereocenters. The summed E-state index contributed by atoms with van der Waals surface area (Å²) in [7, 11) is 0. The first-order valence-corrected chi connectivity index (χ1v) is 9.57. The Morgan fingerprint density at radius 1 is 1.13 bits per heavy atom. The fourth-order valence-corrected chi connectivity index (χ4v) is 5.16. The van der Waals surface area contributed by atoms with Crippen molar-refractivity contribution < 1.29 is 0 Å². The lowest BCUT2D eigenvalue weighted by Gasteiger charge is -2.35. The van der Waals surface area contributed by atoms with E-state index >= 15 is 0 Å². The minimum Gasteiger partial charge on any atom is -0.349 e. The molecule has 4 rings (SSSR count). The summed E-state index contributed by atoms with van der Waals surface area (Å²) in [4.78, 5) is 11.0. The minimum atomic E-state index is 0.151. The maximum Gasteiger partial charge on any atom is 0.223 e. The van der Waals surface area contributed by atoms with Gasteiger partial charge in [-0.05, 0) is 43.2 Å². The highest BCUT2D eigenvalue weighted by atomic mass is 32.1. The van der Waals surface area contributed by atoms with Gasteiger partial charge in [0, 0.05) is 27.6 Å². The molecule has 0 spiro atoms. The van der Waals surface area contributed by atoms with Crippen molar-refractivity contribution in [1.29, 1.82) is 0 Å². The Labute approximate surface area is 142 Å². The predicted octanol–water partition coefficient (Wildman–Crippen LogP) is 5.17. The summed E-state index contributed by atoms with van der Waals surface area (Å²) in [6.45, 7) is 6.95. The van der Waals surface area contributed by atoms with Gasteiger partial charge < -0.3 is 5.32 Å². The maximum absolute atomic E-state index is 4.92. The van der Waals surface area contributed by atoms with Gasteiger partial charge in [-0.1, -0.05) is 33.1 Å². The number of hydrogen-bond donors (Lipinski definition) is 1. The highest BCUT2D eigenvalue weighted by molar-refractivity contribution is 7.10. The van der Waals surface area contributed by atoms with E-state index in [2.05, 4.69) is 42.5 Å². The average molecular weight is 327 g/mol. The standard InChI is InChI=1S/C19H25N3S/c1-18(2)11-13-12-20-17(22-19(3)8-5-4-6-9-19)21-15(13)14-7-10-23-16(14)18/h7,10,12H,4-6,8-9,11H2,1-3H3,(H,20,21,22). The third-order valence-electron chi connectivity index (χ3n) is 5.40. The van der Waals surface area contributed by atoms with Crippen molar-refractivity contribution in [2.24, 2.45) is 0 Å². The summed E-state index contributed by atoms with van der Waals surface area (Å²) in [6.07, 6.45) is 9.45. The minimum absolute atomic E-state index is 0.151. The van der Waals surface area contributed by atoms with Crippen LogP contribution >= 0.6 is 11.3 Å². The van der Waals surface area contributed by atoms with Crippen LogP contribution in [0.5, 0.6) is 0 Å². The molecule has 2 aliphatic rings. The zero-order valence-corrected chi connectivity index (χ0v) is 15.1. The monoisotopic (exact) mass is 327 g/mol. The predicted molar refractivity (Wildman–Crippen MR) is 97.2 cm³/mol. The molecule has 2 heterocycles. The molecule has 3 nitrogen and oxygen atoms in total. The van der Waals surface area contributed by atoms with Gasteiger partial charge in [-0.3, -0.25) is 0 Å². The molecule has 0 unspecified atom stereocenters. The first kappa shape index (κ1) is 15.1. The van der Waals surface area contributed by atoms with Crippen molar-refractivity contribution >= 4 is 17.3 Å². The Balaban J connectivity index is 1.69. The van der Waals surface area contributed by atoms with Gasteiger partial charge in [-0.15, -0.1) is 11.3 Å². The Morgan fingerprint density at radius 2 is 1.91 bits per heavy atom. The number of nitrogens with zero attached hydrogens (tertiary/aromatic N) is 2. The molecule has 2 aromatic heterocycles. The van der Waals surface area contributed by atoms with E-state index in [-0.39, 0.29) is 11.0 Å². The summed E-state index contributed by atoms with van der Waals surface area (Å²) >= 11 is 1.86. The molecule has 2 aromatic rings. The molecule has 23 heavy (non-hydrogen) atoms. The molecular weight excluding hydrogens is 302 g/mol. The summed E-state index contributed by atoms with van der Waals surface area (Å²) in [6, 6.07) is 2.22. The van der Waals surface area contributed by atoms with Crippen LogP contribution in [0.15, 0.2) is 17.6 Å². The van der Waals surface area contributed by atoms with Crippen molar-refractivity contribution in [2.45, 2.75) is 70.3 Å². The van der Waals surface area contributed by atoms with Crippen molar-refractivity contribution in [1.82, 2.24) is 9.97 Å². The first-order chi connectivity index (χ1) is 11.0. The molecule has 2 aliphatic carbocycles. The summed E-state index contributed by atoms with van der Waals surface area (Å²) < 4.78 is 0. The maximum atomic E-state index is 4.92. The van der Waals surface area contributed by atoms with E-state index in [4.69, 9.17) is 4.98 Å². The number of hydrogen-bond acceptors (Lipinski definition) is 4. The van der Waals surface area contributed by atoms with Crippen molar-refractivity contribution in [3.05, 3.63) is 28.1 Å². The van der Waals surface area contributed by atoms with Gasteiger partial charge in [0.15, 0.2) is 0 Å². The zero-order valence-electron chi connectivity index (χ0n) is 14.3. The van der Waals surface area contributed by atoms with Crippen LogP contribution in [-0.2, 0) is 11.8 Å². The lowest BCUT2D eigenvalue weighted by Crippen LogP contribution is -2.37. The SMILES string of the molecule is CC1(Nc2ncc3c(n2)-c2ccsc2C(C)(C)C3)CCCCC1. The van der Waals surface area contributed by atoms with E-state index in [1.54, 1.807) is 0 Å². The normalized spacial score (nSPS) is 21.3. The van der Waals surface area contributed by atoms with E-state index in [0.29, 0.717) is 0 Å². The molecule has 1 N–H and O–H groups in total. The molecular formula is C19H25N3S. The molecule has 0 bridgehead atoms. The third-order valence-corrected chi connectivity index (χ3v) is 6.68. The molecule has 122 valence electrons. The highest BCUT2D eigenvalue weighted by Gasteiger charge is 2.34. The van der Waals surface area contributed by atoms with E-state index in [9.17, 15) is 0 Å². The second-order valence-electron chi connectivity index (χ2n) is 8.04. The summed E-state index contributed by atoms with van der Waals surface area (Å²) in [5.41, 5.74) is 4.06. The Hall–Kier alpha value is -1.42. The lowest BCUT2D eigenvalue weighted by atomic mass is 9.77.